The van der Waals surface area contributed by atoms with Gasteiger partial charge in [0.2, 0.25) is 5.91 Å². The zero-order chi connectivity index (χ0) is 12.4. The summed E-state index contributed by atoms with van der Waals surface area (Å²) in [6, 6.07) is 4.15. The van der Waals surface area contributed by atoms with Gasteiger partial charge in [0, 0.05) is 23.9 Å². The van der Waals surface area contributed by atoms with E-state index in [1.54, 1.807) is 11.3 Å². The fourth-order valence-corrected chi connectivity index (χ4v) is 3.17. The summed E-state index contributed by atoms with van der Waals surface area (Å²) in [7, 11) is 0. The first-order valence-corrected chi connectivity index (χ1v) is 7.63. The molecule has 0 radical (unpaired) electrons. The van der Waals surface area contributed by atoms with Crippen LogP contribution in [0.4, 0.5) is 0 Å². The van der Waals surface area contributed by atoms with Crippen molar-refractivity contribution in [2.45, 2.75) is 38.3 Å². The molecule has 0 N–H and O–H groups in total. The number of nitrogens with zero attached hydrogens (tertiary/aromatic N) is 1. The van der Waals surface area contributed by atoms with Crippen molar-refractivity contribution in [2.24, 2.45) is 5.92 Å². The highest BCUT2D eigenvalue weighted by molar-refractivity contribution is 7.09. The van der Waals surface area contributed by atoms with Gasteiger partial charge in [0.05, 0.1) is 12.6 Å². The predicted molar refractivity (Wildman–Crippen MR) is 71.4 cm³/mol. The lowest BCUT2D eigenvalue weighted by Crippen LogP contribution is -2.37. The van der Waals surface area contributed by atoms with E-state index in [9.17, 15) is 4.79 Å². The van der Waals surface area contributed by atoms with Gasteiger partial charge in [-0.3, -0.25) is 4.79 Å². The minimum Gasteiger partial charge on any atom is -0.376 e. The summed E-state index contributed by atoms with van der Waals surface area (Å²) in [5.41, 5.74) is 0. The number of ether oxygens (including phenoxy) is 1. The summed E-state index contributed by atoms with van der Waals surface area (Å²) in [5.74, 6) is 0.630. The maximum Gasteiger partial charge on any atom is 0.226 e. The Bertz CT molecular complexity index is 394. The van der Waals surface area contributed by atoms with Gasteiger partial charge in [-0.05, 0) is 37.1 Å². The molecule has 1 atom stereocenters. The largest absolute Gasteiger partial charge is 0.376 e. The molecule has 18 heavy (non-hydrogen) atoms. The van der Waals surface area contributed by atoms with Crippen molar-refractivity contribution in [3.63, 3.8) is 0 Å². The van der Waals surface area contributed by atoms with E-state index >= 15 is 0 Å². The summed E-state index contributed by atoms with van der Waals surface area (Å²) in [6.45, 7) is 2.38. The van der Waals surface area contributed by atoms with Crippen LogP contribution >= 0.6 is 11.3 Å². The van der Waals surface area contributed by atoms with Gasteiger partial charge in [0.15, 0.2) is 0 Å². The molecular weight excluding hydrogens is 246 g/mol. The number of rotatable bonds is 5. The Balaban J connectivity index is 1.64. The van der Waals surface area contributed by atoms with Gasteiger partial charge in [-0.15, -0.1) is 11.3 Å². The molecule has 98 valence electrons. The molecule has 2 fully saturated rings. The Hall–Kier alpha value is -0.870. The number of hydrogen-bond acceptors (Lipinski definition) is 3. The topological polar surface area (TPSA) is 29.5 Å². The molecule has 1 aromatic rings. The molecule has 1 saturated carbocycles. The van der Waals surface area contributed by atoms with Crippen LogP contribution in [0.3, 0.4) is 0 Å². The fraction of sp³-hybridized carbons (Fsp3) is 0.643. The molecule has 1 aliphatic heterocycles. The Morgan fingerprint density at radius 3 is 2.94 bits per heavy atom. The molecule has 4 heteroatoms. The van der Waals surface area contributed by atoms with Gasteiger partial charge >= 0.3 is 0 Å². The van der Waals surface area contributed by atoms with Crippen LogP contribution in [-0.2, 0) is 16.1 Å². The van der Waals surface area contributed by atoms with Crippen molar-refractivity contribution in [1.82, 2.24) is 4.90 Å². The van der Waals surface area contributed by atoms with Crippen LogP contribution in [0.5, 0.6) is 0 Å². The summed E-state index contributed by atoms with van der Waals surface area (Å²) >= 11 is 1.72. The zero-order valence-electron chi connectivity index (χ0n) is 10.5. The van der Waals surface area contributed by atoms with E-state index in [0.29, 0.717) is 11.8 Å². The Morgan fingerprint density at radius 2 is 2.33 bits per heavy atom. The first-order chi connectivity index (χ1) is 8.83. The minimum atomic E-state index is 0.257. The molecule has 0 aromatic carbocycles. The van der Waals surface area contributed by atoms with Crippen LogP contribution in [0.25, 0.3) is 0 Å². The number of hydrogen-bond donors (Lipinski definition) is 0. The molecule has 2 heterocycles. The molecule has 1 aliphatic carbocycles. The van der Waals surface area contributed by atoms with Crippen LogP contribution in [0, 0.1) is 5.92 Å². The minimum absolute atomic E-state index is 0.257. The van der Waals surface area contributed by atoms with Gasteiger partial charge < -0.3 is 9.64 Å². The second-order valence-electron chi connectivity index (χ2n) is 5.21. The molecule has 0 spiro atoms. The first kappa shape index (κ1) is 12.2. The summed E-state index contributed by atoms with van der Waals surface area (Å²) in [6.07, 6.45) is 4.64. The molecule has 3 rings (SSSR count). The van der Waals surface area contributed by atoms with Gasteiger partial charge in [0.25, 0.3) is 0 Å². The second-order valence-corrected chi connectivity index (χ2v) is 6.24. The van der Waals surface area contributed by atoms with E-state index in [-0.39, 0.29) is 6.10 Å². The lowest BCUT2D eigenvalue weighted by molar-refractivity contribution is -0.134. The van der Waals surface area contributed by atoms with Crippen LogP contribution in [0.15, 0.2) is 17.5 Å². The van der Waals surface area contributed by atoms with E-state index in [0.717, 1.165) is 45.4 Å². The lowest BCUT2D eigenvalue weighted by Gasteiger charge is -2.25. The maximum absolute atomic E-state index is 12.3. The van der Waals surface area contributed by atoms with E-state index in [1.807, 2.05) is 11.0 Å². The van der Waals surface area contributed by atoms with Crippen molar-refractivity contribution in [2.75, 3.05) is 13.2 Å². The van der Waals surface area contributed by atoms with Crippen LogP contribution in [-0.4, -0.2) is 30.1 Å². The highest BCUT2D eigenvalue weighted by Gasteiger charge is 2.34. The number of thiophene rings is 1. The third kappa shape index (κ3) is 2.93. The average molecular weight is 265 g/mol. The monoisotopic (exact) mass is 265 g/mol. The Morgan fingerprint density at radius 1 is 1.44 bits per heavy atom. The highest BCUT2D eigenvalue weighted by Crippen LogP contribution is 2.32. The number of amides is 1. The van der Waals surface area contributed by atoms with Gasteiger partial charge in [-0.2, -0.15) is 0 Å². The molecule has 2 aliphatic rings. The molecule has 1 aromatic heterocycles. The standard InChI is InChI=1S/C14H19NO2S/c16-14(11-5-6-11)15(9-12-3-1-7-17-12)10-13-4-2-8-18-13/h2,4,8,11-12H,1,3,5-7,9-10H2. The molecule has 1 saturated heterocycles. The average Bonchev–Trinajstić information content (AvgIpc) is 2.88. The highest BCUT2D eigenvalue weighted by atomic mass is 32.1. The Labute approximate surface area is 112 Å². The molecular formula is C14H19NO2S. The molecule has 1 amide bonds. The molecule has 3 nitrogen and oxygen atoms in total. The number of carbonyl (C=O) groups is 1. The van der Waals surface area contributed by atoms with Crippen LogP contribution < -0.4 is 0 Å². The fourth-order valence-electron chi connectivity index (χ4n) is 2.45. The van der Waals surface area contributed by atoms with Crippen molar-refractivity contribution < 1.29 is 9.53 Å². The maximum atomic E-state index is 12.3. The van der Waals surface area contributed by atoms with Crippen molar-refractivity contribution in [3.8, 4) is 0 Å². The van der Waals surface area contributed by atoms with E-state index < -0.39 is 0 Å². The van der Waals surface area contributed by atoms with Gasteiger partial charge in [-0.25, -0.2) is 0 Å². The van der Waals surface area contributed by atoms with Crippen molar-refractivity contribution >= 4 is 17.2 Å². The van der Waals surface area contributed by atoms with Gasteiger partial charge in [-0.1, -0.05) is 6.07 Å². The SMILES string of the molecule is O=C(C1CC1)N(Cc1cccs1)CC1CCCO1. The second kappa shape index (κ2) is 5.41. The van der Waals surface area contributed by atoms with Crippen LogP contribution in [0.2, 0.25) is 0 Å². The zero-order valence-corrected chi connectivity index (χ0v) is 11.3. The van der Waals surface area contributed by atoms with Crippen molar-refractivity contribution in [1.29, 1.82) is 0 Å². The van der Waals surface area contributed by atoms with E-state index in [2.05, 4.69) is 11.4 Å². The third-order valence-corrected chi connectivity index (χ3v) is 4.47. The summed E-state index contributed by atoms with van der Waals surface area (Å²) < 4.78 is 5.66. The lowest BCUT2D eigenvalue weighted by atomic mass is 10.2. The Kier molecular flexibility index (Phi) is 3.66. The van der Waals surface area contributed by atoms with Crippen LogP contribution in [0.1, 0.15) is 30.6 Å². The molecule has 1 unspecified atom stereocenters. The smallest absolute Gasteiger partial charge is 0.226 e. The predicted octanol–water partition coefficient (Wildman–Crippen LogP) is 2.67. The normalized spacial score (nSPS) is 23.2. The van der Waals surface area contributed by atoms with E-state index in [4.69, 9.17) is 4.74 Å². The van der Waals surface area contributed by atoms with Crippen molar-refractivity contribution in [3.05, 3.63) is 22.4 Å². The quantitative estimate of drug-likeness (QED) is 0.819. The number of carbonyl (C=O) groups excluding carboxylic acids is 1. The summed E-state index contributed by atoms with van der Waals surface area (Å²) in [4.78, 5) is 15.6. The van der Waals surface area contributed by atoms with Gasteiger partial charge in [0.1, 0.15) is 0 Å². The first-order valence-electron chi connectivity index (χ1n) is 6.75. The third-order valence-electron chi connectivity index (χ3n) is 3.61. The molecule has 0 bridgehead atoms. The van der Waals surface area contributed by atoms with E-state index in [1.165, 1.54) is 4.88 Å². The summed E-state index contributed by atoms with van der Waals surface area (Å²) in [5, 5.41) is 2.07.